The summed E-state index contributed by atoms with van der Waals surface area (Å²) < 4.78 is 4.45. The Morgan fingerprint density at radius 2 is 1.67 bits per heavy atom. The van der Waals surface area contributed by atoms with Crippen molar-refractivity contribution in [2.75, 3.05) is 7.11 Å². The number of hydrogen-bond donors (Lipinski definition) is 0. The summed E-state index contributed by atoms with van der Waals surface area (Å²) in [5.74, 6) is 0.0202. The molecule has 0 unspecified atom stereocenters. The highest BCUT2D eigenvalue weighted by molar-refractivity contribution is 5.87. The molecule has 3 heteroatoms. The van der Waals surface area contributed by atoms with Gasteiger partial charge in [-0.2, -0.15) is 0 Å². The van der Waals surface area contributed by atoms with Gasteiger partial charge in [0.05, 0.1) is 13.4 Å². The summed E-state index contributed by atoms with van der Waals surface area (Å²) in [5, 5.41) is 0. The summed E-state index contributed by atoms with van der Waals surface area (Å²) >= 11 is 0. The lowest BCUT2D eigenvalue weighted by Crippen LogP contribution is -1.79. The van der Waals surface area contributed by atoms with Crippen LogP contribution in [-0.2, 0) is 14.3 Å². The summed E-state index contributed by atoms with van der Waals surface area (Å²) in [4.78, 5) is 19.7. The van der Waals surface area contributed by atoms with Crippen LogP contribution < -0.4 is 0 Å². The molecule has 0 rings (SSSR count). The minimum atomic E-state index is 0.00171. The van der Waals surface area contributed by atoms with Crippen LogP contribution >= 0.6 is 0 Å². The SMILES string of the molecule is C=CC(C)=O.CO/C=C/C(C)=O. The second-order valence-corrected chi connectivity index (χ2v) is 1.96. The number of hydrogen-bond acceptors (Lipinski definition) is 3. The summed E-state index contributed by atoms with van der Waals surface area (Å²) in [5.41, 5.74) is 0. The van der Waals surface area contributed by atoms with Crippen LogP contribution in [0.1, 0.15) is 13.8 Å². The molecule has 0 aromatic heterocycles. The van der Waals surface area contributed by atoms with Crippen LogP contribution in [0.15, 0.2) is 25.0 Å². The van der Waals surface area contributed by atoms with E-state index in [1.54, 1.807) is 0 Å². The number of carbonyl (C=O) groups excluding carboxylic acids is 2. The molecule has 0 aromatic carbocycles. The fourth-order valence-electron chi connectivity index (χ4n) is 0.164. The van der Waals surface area contributed by atoms with Crippen molar-refractivity contribution >= 4 is 11.6 Å². The van der Waals surface area contributed by atoms with Gasteiger partial charge >= 0.3 is 0 Å². The Balaban J connectivity index is 0. The molecular formula is C9H14O3. The third kappa shape index (κ3) is 23.4. The van der Waals surface area contributed by atoms with E-state index < -0.39 is 0 Å². The zero-order valence-electron chi connectivity index (χ0n) is 7.66. The van der Waals surface area contributed by atoms with E-state index in [4.69, 9.17) is 0 Å². The number of methoxy groups -OCH3 is 1. The maximum Gasteiger partial charge on any atom is 0.155 e. The van der Waals surface area contributed by atoms with Gasteiger partial charge in [0.2, 0.25) is 0 Å². The monoisotopic (exact) mass is 170 g/mol. The van der Waals surface area contributed by atoms with Gasteiger partial charge in [0, 0.05) is 6.08 Å². The van der Waals surface area contributed by atoms with E-state index >= 15 is 0 Å². The number of ether oxygens (including phenoxy) is 1. The molecule has 0 aliphatic heterocycles. The molecule has 0 radical (unpaired) electrons. The van der Waals surface area contributed by atoms with Gasteiger partial charge in [0.1, 0.15) is 0 Å². The van der Waals surface area contributed by atoms with Crippen molar-refractivity contribution in [1.29, 1.82) is 0 Å². The molecular weight excluding hydrogens is 156 g/mol. The number of carbonyl (C=O) groups is 2. The summed E-state index contributed by atoms with van der Waals surface area (Å²) in [6.07, 6.45) is 3.99. The first-order valence-electron chi connectivity index (χ1n) is 3.37. The van der Waals surface area contributed by atoms with Crippen molar-refractivity contribution in [1.82, 2.24) is 0 Å². The lowest BCUT2D eigenvalue weighted by atomic mass is 10.4. The Kier molecular flexibility index (Phi) is 10.6. The first-order valence-corrected chi connectivity index (χ1v) is 3.37. The smallest absolute Gasteiger partial charge is 0.155 e. The van der Waals surface area contributed by atoms with Crippen molar-refractivity contribution in [3.63, 3.8) is 0 Å². The molecule has 0 amide bonds. The fourth-order valence-corrected chi connectivity index (χ4v) is 0.164. The van der Waals surface area contributed by atoms with E-state index in [1.807, 2.05) is 0 Å². The van der Waals surface area contributed by atoms with Crippen molar-refractivity contribution in [2.45, 2.75) is 13.8 Å². The zero-order valence-corrected chi connectivity index (χ0v) is 7.66. The van der Waals surface area contributed by atoms with E-state index in [1.165, 1.54) is 39.4 Å². The molecule has 0 saturated carbocycles. The predicted octanol–water partition coefficient (Wildman–Crippen LogP) is 1.50. The topological polar surface area (TPSA) is 43.4 Å². The van der Waals surface area contributed by atoms with E-state index in [0.29, 0.717) is 0 Å². The molecule has 12 heavy (non-hydrogen) atoms. The number of allylic oxidation sites excluding steroid dienone is 2. The van der Waals surface area contributed by atoms with E-state index in [-0.39, 0.29) is 11.6 Å². The lowest BCUT2D eigenvalue weighted by molar-refractivity contribution is -0.113. The van der Waals surface area contributed by atoms with Crippen LogP contribution in [0.3, 0.4) is 0 Å². The summed E-state index contributed by atoms with van der Waals surface area (Å²) in [6.45, 7) is 6.14. The van der Waals surface area contributed by atoms with E-state index in [0.717, 1.165) is 0 Å². The third-order valence-corrected chi connectivity index (χ3v) is 0.726. The van der Waals surface area contributed by atoms with Gasteiger partial charge in [-0.05, 0) is 19.9 Å². The van der Waals surface area contributed by atoms with E-state index in [2.05, 4.69) is 11.3 Å². The molecule has 0 spiro atoms. The van der Waals surface area contributed by atoms with Gasteiger partial charge in [0.25, 0.3) is 0 Å². The van der Waals surface area contributed by atoms with Gasteiger partial charge in [-0.25, -0.2) is 0 Å². The van der Waals surface area contributed by atoms with Crippen LogP contribution in [-0.4, -0.2) is 18.7 Å². The van der Waals surface area contributed by atoms with E-state index in [9.17, 15) is 9.59 Å². The van der Waals surface area contributed by atoms with Crippen molar-refractivity contribution in [2.24, 2.45) is 0 Å². The first kappa shape index (κ1) is 13.2. The molecule has 0 aliphatic rings. The minimum absolute atomic E-state index is 0.00171. The highest BCUT2D eigenvalue weighted by atomic mass is 16.5. The van der Waals surface area contributed by atoms with Crippen LogP contribution in [0, 0.1) is 0 Å². The van der Waals surface area contributed by atoms with Crippen molar-refractivity contribution < 1.29 is 14.3 Å². The Labute approximate surface area is 72.7 Å². The maximum absolute atomic E-state index is 10.0. The average molecular weight is 170 g/mol. The number of ketones is 2. The quantitative estimate of drug-likeness (QED) is 0.476. The largest absolute Gasteiger partial charge is 0.504 e. The van der Waals surface area contributed by atoms with Crippen LogP contribution in [0.2, 0.25) is 0 Å². The third-order valence-electron chi connectivity index (χ3n) is 0.726. The maximum atomic E-state index is 10.0. The molecule has 0 bridgehead atoms. The molecule has 0 heterocycles. The Morgan fingerprint density at radius 1 is 1.25 bits per heavy atom. The summed E-state index contributed by atoms with van der Waals surface area (Å²) in [7, 11) is 1.50. The fraction of sp³-hybridized carbons (Fsp3) is 0.333. The molecule has 0 saturated heterocycles. The van der Waals surface area contributed by atoms with Crippen LogP contribution in [0.5, 0.6) is 0 Å². The van der Waals surface area contributed by atoms with Gasteiger partial charge in [-0.15, -0.1) is 0 Å². The molecule has 0 atom stereocenters. The van der Waals surface area contributed by atoms with Gasteiger partial charge in [0.15, 0.2) is 11.6 Å². The normalized spacial score (nSPS) is 8.25. The molecule has 0 fully saturated rings. The Hall–Kier alpha value is -1.38. The summed E-state index contributed by atoms with van der Waals surface area (Å²) in [6, 6.07) is 0. The van der Waals surface area contributed by atoms with Gasteiger partial charge in [-0.3, -0.25) is 9.59 Å². The number of rotatable bonds is 3. The van der Waals surface area contributed by atoms with Gasteiger partial charge in [-0.1, -0.05) is 6.58 Å². The molecule has 0 N–H and O–H groups in total. The molecule has 0 aromatic rings. The van der Waals surface area contributed by atoms with Crippen molar-refractivity contribution in [3.8, 4) is 0 Å². The van der Waals surface area contributed by atoms with Crippen LogP contribution in [0.4, 0.5) is 0 Å². The highest BCUT2D eigenvalue weighted by Crippen LogP contribution is 1.72. The average Bonchev–Trinajstić information content (AvgIpc) is 2.02. The van der Waals surface area contributed by atoms with Crippen molar-refractivity contribution in [3.05, 3.63) is 25.0 Å². The second kappa shape index (κ2) is 9.62. The highest BCUT2D eigenvalue weighted by Gasteiger charge is 1.76. The Morgan fingerprint density at radius 3 is 1.75 bits per heavy atom. The minimum Gasteiger partial charge on any atom is -0.504 e. The Bertz CT molecular complexity index is 180. The second-order valence-electron chi connectivity index (χ2n) is 1.96. The predicted molar refractivity (Wildman–Crippen MR) is 47.7 cm³/mol. The van der Waals surface area contributed by atoms with Gasteiger partial charge < -0.3 is 4.74 Å². The zero-order chi connectivity index (χ0) is 9.98. The standard InChI is InChI=1S/C5H8O2.C4H6O/c1-5(6)3-4-7-2;1-3-4(2)5/h3-4H,1-2H3;3H,1H2,2H3/b4-3+;. The molecule has 0 aliphatic carbocycles. The lowest BCUT2D eigenvalue weighted by Gasteiger charge is -1.80. The molecule has 3 nitrogen and oxygen atoms in total. The van der Waals surface area contributed by atoms with Crippen LogP contribution in [0.25, 0.3) is 0 Å². The molecule has 68 valence electrons. The first-order chi connectivity index (χ1) is 5.54.